The van der Waals surface area contributed by atoms with E-state index in [1.54, 1.807) is 42.5 Å². The number of benzene rings is 3. The first-order valence-electron chi connectivity index (χ1n) is 8.77. The zero-order chi connectivity index (χ0) is 20.7. The maximum absolute atomic E-state index is 12.6. The van der Waals surface area contributed by atoms with E-state index in [0.29, 0.717) is 17.1 Å². The van der Waals surface area contributed by atoms with E-state index in [2.05, 4.69) is 10.0 Å². The van der Waals surface area contributed by atoms with Crippen LogP contribution in [0.4, 0.5) is 11.4 Å². The Hall–Kier alpha value is -3.58. The zero-order valence-corrected chi connectivity index (χ0v) is 16.5. The standard InChI is InChI=1S/C22H20N2O4S/c1-28-20-13-11-18(12-14-20)24-29(26,27)21-9-5-8-19(16-21)23-22(25)15-10-17-6-3-2-4-7-17/h2-16,24H,1H3,(H,23,25)/b15-10-. The third-order valence-electron chi connectivity index (χ3n) is 3.98. The van der Waals surface area contributed by atoms with Crippen LogP contribution in [-0.2, 0) is 14.8 Å². The van der Waals surface area contributed by atoms with Crippen LogP contribution < -0.4 is 14.8 Å². The van der Waals surface area contributed by atoms with Gasteiger partial charge in [-0.25, -0.2) is 8.42 Å². The van der Waals surface area contributed by atoms with Gasteiger partial charge in [0.1, 0.15) is 5.75 Å². The van der Waals surface area contributed by atoms with Crippen molar-refractivity contribution in [1.29, 1.82) is 0 Å². The van der Waals surface area contributed by atoms with Crippen molar-refractivity contribution in [3.8, 4) is 5.75 Å². The van der Waals surface area contributed by atoms with Crippen molar-refractivity contribution in [3.63, 3.8) is 0 Å². The summed E-state index contributed by atoms with van der Waals surface area (Å²) < 4.78 is 32.8. The topological polar surface area (TPSA) is 84.5 Å². The molecule has 0 saturated heterocycles. The Morgan fingerprint density at radius 2 is 1.62 bits per heavy atom. The van der Waals surface area contributed by atoms with Crippen LogP contribution in [-0.4, -0.2) is 21.4 Å². The van der Waals surface area contributed by atoms with Crippen LogP contribution in [0.25, 0.3) is 6.08 Å². The fourth-order valence-electron chi connectivity index (χ4n) is 2.53. The molecule has 0 saturated carbocycles. The second-order valence-electron chi connectivity index (χ2n) is 6.10. The van der Waals surface area contributed by atoms with Crippen molar-refractivity contribution in [2.24, 2.45) is 0 Å². The molecule has 6 nitrogen and oxygen atoms in total. The van der Waals surface area contributed by atoms with Gasteiger partial charge in [-0.05, 0) is 54.1 Å². The Bertz CT molecular complexity index is 1110. The predicted octanol–water partition coefficient (Wildman–Crippen LogP) is 4.15. The van der Waals surface area contributed by atoms with Crippen molar-refractivity contribution < 1.29 is 17.9 Å². The lowest BCUT2D eigenvalue weighted by Gasteiger charge is -2.10. The van der Waals surface area contributed by atoms with Crippen molar-refractivity contribution in [3.05, 3.63) is 90.5 Å². The highest BCUT2D eigenvalue weighted by Crippen LogP contribution is 2.21. The molecule has 0 radical (unpaired) electrons. The van der Waals surface area contributed by atoms with Gasteiger partial charge < -0.3 is 10.1 Å². The Balaban J connectivity index is 1.70. The minimum Gasteiger partial charge on any atom is -0.497 e. The van der Waals surface area contributed by atoms with E-state index < -0.39 is 10.0 Å². The van der Waals surface area contributed by atoms with Gasteiger partial charge in [-0.3, -0.25) is 9.52 Å². The minimum atomic E-state index is -3.81. The van der Waals surface area contributed by atoms with E-state index in [9.17, 15) is 13.2 Å². The number of ether oxygens (including phenoxy) is 1. The van der Waals surface area contributed by atoms with Crippen molar-refractivity contribution in [1.82, 2.24) is 0 Å². The molecular formula is C22H20N2O4S. The number of anilines is 2. The second-order valence-corrected chi connectivity index (χ2v) is 7.78. The summed E-state index contributed by atoms with van der Waals surface area (Å²) >= 11 is 0. The SMILES string of the molecule is COc1ccc(NS(=O)(=O)c2cccc(NC(=O)/C=C\c3ccccc3)c2)cc1. The fourth-order valence-corrected chi connectivity index (χ4v) is 3.64. The maximum Gasteiger partial charge on any atom is 0.261 e. The number of rotatable bonds is 7. The number of hydrogen-bond acceptors (Lipinski definition) is 4. The molecule has 0 aromatic heterocycles. The lowest BCUT2D eigenvalue weighted by Crippen LogP contribution is -2.14. The van der Waals surface area contributed by atoms with Gasteiger partial charge in [-0.15, -0.1) is 0 Å². The summed E-state index contributed by atoms with van der Waals surface area (Å²) in [5, 5.41) is 2.67. The third kappa shape index (κ3) is 5.70. The van der Waals surface area contributed by atoms with Crippen LogP contribution in [0.15, 0.2) is 89.8 Å². The first-order chi connectivity index (χ1) is 14.0. The van der Waals surface area contributed by atoms with Gasteiger partial charge in [0.25, 0.3) is 10.0 Å². The van der Waals surface area contributed by atoms with Gasteiger partial charge >= 0.3 is 0 Å². The molecule has 0 atom stereocenters. The molecule has 29 heavy (non-hydrogen) atoms. The lowest BCUT2D eigenvalue weighted by atomic mass is 10.2. The molecule has 148 valence electrons. The average Bonchev–Trinajstić information content (AvgIpc) is 2.73. The van der Waals surface area contributed by atoms with Crippen LogP contribution in [0.1, 0.15) is 5.56 Å². The molecule has 0 aliphatic carbocycles. The molecule has 1 amide bonds. The summed E-state index contributed by atoms with van der Waals surface area (Å²) in [6, 6.07) is 22.0. The Morgan fingerprint density at radius 3 is 2.31 bits per heavy atom. The van der Waals surface area contributed by atoms with E-state index >= 15 is 0 Å². The number of amides is 1. The summed E-state index contributed by atoms with van der Waals surface area (Å²) in [5.41, 5.74) is 1.68. The molecular weight excluding hydrogens is 388 g/mol. The molecule has 7 heteroatoms. The van der Waals surface area contributed by atoms with Gasteiger partial charge in [0.2, 0.25) is 5.91 Å². The monoisotopic (exact) mass is 408 g/mol. The molecule has 3 aromatic rings. The Kier molecular flexibility index (Phi) is 6.31. The van der Waals surface area contributed by atoms with Gasteiger partial charge in [-0.2, -0.15) is 0 Å². The highest BCUT2D eigenvalue weighted by atomic mass is 32.2. The molecule has 3 rings (SSSR count). The van der Waals surface area contributed by atoms with Crippen LogP contribution in [0, 0.1) is 0 Å². The first-order valence-corrected chi connectivity index (χ1v) is 10.3. The van der Waals surface area contributed by atoms with Crippen LogP contribution in [0.2, 0.25) is 0 Å². The maximum atomic E-state index is 12.6. The van der Waals surface area contributed by atoms with Crippen LogP contribution in [0.5, 0.6) is 5.75 Å². The summed E-state index contributed by atoms with van der Waals surface area (Å²) in [6.45, 7) is 0. The van der Waals surface area contributed by atoms with Gasteiger partial charge in [-0.1, -0.05) is 36.4 Å². The summed E-state index contributed by atoms with van der Waals surface area (Å²) in [6.07, 6.45) is 3.08. The lowest BCUT2D eigenvalue weighted by molar-refractivity contribution is -0.111. The van der Waals surface area contributed by atoms with Crippen molar-refractivity contribution in [2.75, 3.05) is 17.1 Å². The molecule has 0 aliphatic heterocycles. The van der Waals surface area contributed by atoms with Crippen molar-refractivity contribution in [2.45, 2.75) is 4.90 Å². The second kappa shape index (κ2) is 9.07. The van der Waals surface area contributed by atoms with E-state index in [-0.39, 0.29) is 10.8 Å². The van der Waals surface area contributed by atoms with E-state index in [1.165, 1.54) is 25.3 Å². The van der Waals surface area contributed by atoms with Gasteiger partial charge in [0.05, 0.1) is 12.0 Å². The highest BCUT2D eigenvalue weighted by molar-refractivity contribution is 7.92. The molecule has 0 heterocycles. The largest absolute Gasteiger partial charge is 0.497 e. The first kappa shape index (κ1) is 20.2. The highest BCUT2D eigenvalue weighted by Gasteiger charge is 2.15. The fraction of sp³-hybridized carbons (Fsp3) is 0.0455. The molecule has 0 aliphatic rings. The van der Waals surface area contributed by atoms with Gasteiger partial charge in [0, 0.05) is 17.5 Å². The summed E-state index contributed by atoms with van der Waals surface area (Å²) in [4.78, 5) is 12.2. The zero-order valence-electron chi connectivity index (χ0n) is 15.7. The number of nitrogens with one attached hydrogen (secondary N) is 2. The quantitative estimate of drug-likeness (QED) is 0.575. The Labute approximate surface area is 169 Å². The minimum absolute atomic E-state index is 0.0400. The van der Waals surface area contributed by atoms with Crippen LogP contribution >= 0.6 is 0 Å². The molecule has 2 N–H and O–H groups in total. The van der Waals surface area contributed by atoms with Gasteiger partial charge in [0.15, 0.2) is 0 Å². The number of carbonyl (C=O) groups is 1. The Morgan fingerprint density at radius 1 is 0.897 bits per heavy atom. The number of methoxy groups -OCH3 is 1. The smallest absolute Gasteiger partial charge is 0.261 e. The summed E-state index contributed by atoms with van der Waals surface area (Å²) in [7, 11) is -2.27. The molecule has 0 bridgehead atoms. The predicted molar refractivity (Wildman–Crippen MR) is 114 cm³/mol. The van der Waals surface area contributed by atoms with E-state index in [0.717, 1.165) is 5.56 Å². The molecule has 0 fully saturated rings. The number of carbonyl (C=O) groups excluding carboxylic acids is 1. The van der Waals surface area contributed by atoms with Crippen LogP contribution in [0.3, 0.4) is 0 Å². The molecule has 0 spiro atoms. The third-order valence-corrected chi connectivity index (χ3v) is 5.36. The number of hydrogen-bond donors (Lipinski definition) is 2. The molecule has 0 unspecified atom stereocenters. The normalized spacial score (nSPS) is 11.2. The van der Waals surface area contributed by atoms with E-state index in [4.69, 9.17) is 4.74 Å². The molecule has 3 aromatic carbocycles. The summed E-state index contributed by atoms with van der Waals surface area (Å²) in [5.74, 6) is 0.271. The van der Waals surface area contributed by atoms with E-state index in [1.807, 2.05) is 30.3 Å². The average molecular weight is 408 g/mol. The number of sulfonamides is 1. The van der Waals surface area contributed by atoms with Crippen molar-refractivity contribution >= 4 is 33.4 Å².